The van der Waals surface area contributed by atoms with Gasteiger partial charge >= 0.3 is 17.8 Å². The number of amides is 6. The van der Waals surface area contributed by atoms with Crippen LogP contribution in [0.4, 0.5) is 4.79 Å². The molecule has 0 aliphatic carbocycles. The molecule has 0 spiro atoms. The lowest BCUT2D eigenvalue weighted by Gasteiger charge is -2.15. The number of carbonyl (C=O) groups is 5. The molecule has 0 unspecified atom stereocenters. The highest BCUT2D eigenvalue weighted by molar-refractivity contribution is 6.44. The smallest absolute Gasteiger partial charge is 0.334 e. The van der Waals surface area contributed by atoms with Crippen LogP contribution in [0.25, 0.3) is 0 Å². The fourth-order valence-corrected chi connectivity index (χ4v) is 2.44. The van der Waals surface area contributed by atoms with Crippen LogP contribution < -0.4 is 10.6 Å². The molecule has 0 atom stereocenters. The second-order valence-corrected chi connectivity index (χ2v) is 6.68. The molecule has 9 heteroatoms. The molecule has 6 amide bonds. The van der Waals surface area contributed by atoms with Crippen molar-refractivity contribution in [3.8, 4) is 0 Å². The van der Waals surface area contributed by atoms with Gasteiger partial charge in [0.05, 0.1) is 0 Å². The molecule has 1 rings (SSSR count). The first kappa shape index (κ1) is 23.1. The molecule has 0 bridgehead atoms. The first-order valence-electron chi connectivity index (χ1n) is 9.21. The van der Waals surface area contributed by atoms with E-state index in [-0.39, 0.29) is 24.9 Å². The Balaban J connectivity index is 2.34. The molecule has 1 heterocycles. The Kier molecular flexibility index (Phi) is 9.07. The van der Waals surface area contributed by atoms with Crippen LogP contribution in [-0.2, 0) is 19.2 Å². The molecular formula is C19H28N4O5. The summed E-state index contributed by atoms with van der Waals surface area (Å²) < 4.78 is 0. The summed E-state index contributed by atoms with van der Waals surface area (Å²) in [4.78, 5) is 60.9. The van der Waals surface area contributed by atoms with Crippen molar-refractivity contribution in [3.05, 3.63) is 24.3 Å². The number of rotatable bonds is 12. The van der Waals surface area contributed by atoms with E-state index in [9.17, 15) is 24.0 Å². The highest BCUT2D eigenvalue weighted by Crippen LogP contribution is 2.14. The van der Waals surface area contributed by atoms with Crippen LogP contribution in [0.2, 0.25) is 0 Å². The van der Waals surface area contributed by atoms with Crippen molar-refractivity contribution in [2.45, 2.75) is 39.5 Å². The molecule has 1 aliphatic heterocycles. The van der Waals surface area contributed by atoms with Gasteiger partial charge in [-0.2, -0.15) is 0 Å². The van der Waals surface area contributed by atoms with Gasteiger partial charge in [-0.05, 0) is 39.5 Å². The summed E-state index contributed by atoms with van der Waals surface area (Å²) >= 11 is 0. The summed E-state index contributed by atoms with van der Waals surface area (Å²) in [6, 6.07) is -0.619. The summed E-state index contributed by atoms with van der Waals surface area (Å²) in [5.74, 6) is -2.14. The molecule has 0 radical (unpaired) electrons. The third kappa shape index (κ3) is 6.64. The Morgan fingerprint density at radius 1 is 0.750 bits per heavy atom. The number of urea groups is 1. The van der Waals surface area contributed by atoms with E-state index in [0.717, 1.165) is 9.80 Å². The van der Waals surface area contributed by atoms with E-state index in [2.05, 4.69) is 23.8 Å². The molecule has 9 nitrogen and oxygen atoms in total. The van der Waals surface area contributed by atoms with Gasteiger partial charge in [-0.25, -0.2) is 4.79 Å². The molecule has 1 saturated heterocycles. The van der Waals surface area contributed by atoms with Gasteiger partial charge in [0, 0.05) is 37.3 Å². The van der Waals surface area contributed by atoms with Crippen molar-refractivity contribution in [1.29, 1.82) is 0 Å². The van der Waals surface area contributed by atoms with Crippen molar-refractivity contribution >= 4 is 29.7 Å². The zero-order valence-electron chi connectivity index (χ0n) is 16.5. The Hall–Kier alpha value is -2.97. The molecule has 0 aromatic rings. The fraction of sp³-hybridized carbons (Fsp3) is 0.526. The van der Waals surface area contributed by atoms with E-state index in [1.54, 1.807) is 13.8 Å². The van der Waals surface area contributed by atoms with Crippen LogP contribution in [0.5, 0.6) is 0 Å². The van der Waals surface area contributed by atoms with E-state index >= 15 is 0 Å². The van der Waals surface area contributed by atoms with Crippen molar-refractivity contribution in [2.75, 3.05) is 26.2 Å². The first-order valence-corrected chi connectivity index (χ1v) is 9.21. The number of nitrogens with zero attached hydrogens (tertiary/aromatic N) is 2. The Bertz CT molecular complexity index is 630. The van der Waals surface area contributed by atoms with Crippen LogP contribution in [0, 0.1) is 0 Å². The van der Waals surface area contributed by atoms with Crippen LogP contribution >= 0.6 is 0 Å². The first-order chi connectivity index (χ1) is 13.2. The molecule has 1 aliphatic rings. The minimum atomic E-state index is -0.827. The van der Waals surface area contributed by atoms with E-state index in [4.69, 9.17) is 0 Å². The van der Waals surface area contributed by atoms with Gasteiger partial charge in [0.15, 0.2) is 0 Å². The standard InChI is InChI=1S/C19H28N4O5/c1-13(2)15(24)20-9-5-7-11-22-17(26)18(27)23(19(22)28)12-8-6-10-21-16(25)14(3)4/h1,3,5-12H2,2,4H3,(H,20,24)(H,21,25). The Morgan fingerprint density at radius 2 is 1.11 bits per heavy atom. The summed E-state index contributed by atoms with van der Waals surface area (Å²) in [7, 11) is 0. The average Bonchev–Trinajstić information content (AvgIpc) is 2.84. The van der Waals surface area contributed by atoms with Crippen molar-refractivity contribution in [3.63, 3.8) is 0 Å². The SMILES string of the molecule is C=C(C)C(=O)NCCCCN1C(=O)C(=O)N(CCCCNC(=O)C(=C)C)C1=O. The van der Waals surface area contributed by atoms with E-state index in [1.165, 1.54) is 0 Å². The predicted molar refractivity (Wildman–Crippen MR) is 103 cm³/mol. The topological polar surface area (TPSA) is 116 Å². The van der Waals surface area contributed by atoms with Gasteiger partial charge in [0.1, 0.15) is 0 Å². The van der Waals surface area contributed by atoms with Crippen molar-refractivity contribution in [1.82, 2.24) is 20.4 Å². The highest BCUT2D eigenvalue weighted by atomic mass is 16.2. The third-order valence-electron chi connectivity index (χ3n) is 4.10. The van der Waals surface area contributed by atoms with Crippen molar-refractivity contribution in [2.24, 2.45) is 0 Å². The molecule has 1 fully saturated rings. The van der Waals surface area contributed by atoms with Gasteiger partial charge < -0.3 is 10.6 Å². The number of imide groups is 2. The summed E-state index contributed by atoms with van der Waals surface area (Å²) in [5, 5.41) is 5.33. The molecule has 0 saturated carbocycles. The molecular weight excluding hydrogens is 364 g/mol. The largest absolute Gasteiger partial charge is 0.352 e. The maximum atomic E-state index is 12.3. The van der Waals surface area contributed by atoms with Crippen LogP contribution in [0.3, 0.4) is 0 Å². The van der Waals surface area contributed by atoms with E-state index in [1.807, 2.05) is 0 Å². The summed E-state index contributed by atoms with van der Waals surface area (Å²) in [5.41, 5.74) is 0.815. The van der Waals surface area contributed by atoms with Crippen molar-refractivity contribution < 1.29 is 24.0 Å². The summed E-state index contributed by atoms with van der Waals surface area (Å²) in [6.45, 7) is 11.3. The quantitative estimate of drug-likeness (QED) is 0.220. The second kappa shape index (κ2) is 11.0. The lowest BCUT2D eigenvalue weighted by Crippen LogP contribution is -2.35. The second-order valence-electron chi connectivity index (χ2n) is 6.68. The molecule has 28 heavy (non-hydrogen) atoms. The monoisotopic (exact) mass is 392 g/mol. The number of hydrogen-bond acceptors (Lipinski definition) is 5. The molecule has 154 valence electrons. The minimum Gasteiger partial charge on any atom is -0.352 e. The van der Waals surface area contributed by atoms with E-state index in [0.29, 0.717) is 49.9 Å². The van der Waals surface area contributed by atoms with Gasteiger partial charge in [0.25, 0.3) is 0 Å². The molecule has 2 N–H and O–H groups in total. The molecule has 0 aromatic heterocycles. The maximum Gasteiger partial charge on any atom is 0.334 e. The lowest BCUT2D eigenvalue weighted by atomic mass is 10.2. The van der Waals surface area contributed by atoms with Gasteiger partial charge in [-0.15, -0.1) is 0 Å². The van der Waals surface area contributed by atoms with Crippen LogP contribution in [-0.4, -0.2) is 65.6 Å². The number of hydrogen-bond donors (Lipinski definition) is 2. The Labute approximate surface area is 164 Å². The van der Waals surface area contributed by atoms with Gasteiger partial charge in [-0.1, -0.05) is 13.2 Å². The predicted octanol–water partition coefficient (Wildman–Crippen LogP) is 0.722. The highest BCUT2D eigenvalue weighted by Gasteiger charge is 2.43. The zero-order chi connectivity index (χ0) is 21.3. The maximum absolute atomic E-state index is 12.3. The van der Waals surface area contributed by atoms with E-state index < -0.39 is 17.8 Å². The zero-order valence-corrected chi connectivity index (χ0v) is 16.5. The lowest BCUT2D eigenvalue weighted by molar-refractivity contribution is -0.143. The normalized spacial score (nSPS) is 13.7. The van der Waals surface area contributed by atoms with Gasteiger partial charge in [-0.3, -0.25) is 29.0 Å². The number of unbranched alkanes of at least 4 members (excludes halogenated alkanes) is 2. The number of carbonyl (C=O) groups excluding carboxylic acids is 5. The van der Waals surface area contributed by atoms with Crippen LogP contribution in [0.15, 0.2) is 24.3 Å². The summed E-state index contributed by atoms with van der Waals surface area (Å²) in [6.07, 6.45) is 2.07. The third-order valence-corrected chi connectivity index (χ3v) is 4.10. The average molecular weight is 392 g/mol. The minimum absolute atomic E-state index is 0.123. The molecule has 0 aromatic carbocycles. The van der Waals surface area contributed by atoms with Crippen LogP contribution in [0.1, 0.15) is 39.5 Å². The van der Waals surface area contributed by atoms with Gasteiger partial charge in [0.2, 0.25) is 11.8 Å². The number of nitrogens with one attached hydrogen (secondary N) is 2. The fourth-order valence-electron chi connectivity index (χ4n) is 2.44. The Morgan fingerprint density at radius 3 is 1.43 bits per heavy atom.